The number of aryl methyl sites for hydroxylation is 1. The van der Waals surface area contributed by atoms with Gasteiger partial charge in [0.1, 0.15) is 30.5 Å². The van der Waals surface area contributed by atoms with Gasteiger partial charge in [-0.2, -0.15) is 0 Å². The van der Waals surface area contributed by atoms with Crippen LogP contribution >= 0.6 is 0 Å². The molecule has 0 bridgehead atoms. The number of nitrogens with zero attached hydrogens (tertiary/aromatic N) is 2. The molecular weight excluding hydrogens is 801 g/mol. The first-order chi connectivity index (χ1) is 29.0. The number of aliphatic hydroxyl groups excluding tert-OH is 3. The van der Waals surface area contributed by atoms with Crippen LogP contribution in [0.5, 0.6) is 0 Å². The molecule has 0 aromatic heterocycles. The number of oxime groups is 1. The van der Waals surface area contributed by atoms with Gasteiger partial charge < -0.3 is 63.7 Å². The molecule has 62 heavy (non-hydrogen) atoms. The number of rotatable bonds is 13. The summed E-state index contributed by atoms with van der Waals surface area (Å²) in [6.07, 6.45) is -6.77. The maximum absolute atomic E-state index is 14.4. The molecule has 0 saturated carbocycles. The minimum absolute atomic E-state index is 0.0144. The summed E-state index contributed by atoms with van der Waals surface area (Å²) in [5.41, 5.74) is -3.11. The largest absolute Gasteiger partial charge is 0.459 e. The van der Waals surface area contributed by atoms with Crippen molar-refractivity contribution in [3.8, 4) is 0 Å². The van der Waals surface area contributed by atoms with Crippen LogP contribution in [-0.4, -0.2) is 154 Å². The first-order valence-corrected chi connectivity index (χ1v) is 22.7. The van der Waals surface area contributed by atoms with E-state index in [1.807, 2.05) is 51.0 Å². The molecule has 1 aromatic carbocycles. The maximum atomic E-state index is 14.4. The minimum Gasteiger partial charge on any atom is -0.459 e. The first-order valence-electron chi connectivity index (χ1n) is 22.7. The predicted octanol–water partition coefficient (Wildman–Crippen LogP) is 4.61. The summed E-state index contributed by atoms with van der Waals surface area (Å²) < 4.78 is 37.9. The third-order valence-corrected chi connectivity index (χ3v) is 13.8. The Morgan fingerprint density at radius 1 is 0.887 bits per heavy atom. The highest BCUT2D eigenvalue weighted by molar-refractivity contribution is 5.88. The van der Waals surface area contributed by atoms with E-state index < -0.39 is 102 Å². The van der Waals surface area contributed by atoms with Gasteiger partial charge in [0.2, 0.25) is 0 Å². The van der Waals surface area contributed by atoms with E-state index in [4.69, 9.17) is 33.3 Å². The van der Waals surface area contributed by atoms with Crippen LogP contribution in [0.1, 0.15) is 113 Å². The third-order valence-electron chi connectivity index (χ3n) is 13.8. The predicted molar refractivity (Wildman–Crippen MR) is 234 cm³/mol. The van der Waals surface area contributed by atoms with Gasteiger partial charge in [0.05, 0.1) is 53.4 Å². The van der Waals surface area contributed by atoms with E-state index in [9.17, 15) is 30.3 Å². The van der Waals surface area contributed by atoms with Crippen molar-refractivity contribution >= 4 is 11.7 Å². The summed E-state index contributed by atoms with van der Waals surface area (Å²) in [5, 5.41) is 64.3. The second kappa shape index (κ2) is 22.3. The molecule has 0 radical (unpaired) electrons. The van der Waals surface area contributed by atoms with Crippen LogP contribution in [0.3, 0.4) is 0 Å². The monoisotopic (exact) mass is 881 g/mol. The fraction of sp³-hybridized carbons (Fsp3) is 0.830. The maximum Gasteiger partial charge on any atom is 0.311 e. The second-order valence-electron chi connectivity index (χ2n) is 19.4. The molecular formula is C47H80N2O13. The number of carbonyl (C=O) groups is 1. The van der Waals surface area contributed by atoms with Crippen molar-refractivity contribution in [3.63, 3.8) is 0 Å². The van der Waals surface area contributed by atoms with Crippen molar-refractivity contribution in [1.82, 2.24) is 4.90 Å². The molecule has 0 aliphatic carbocycles. The van der Waals surface area contributed by atoms with E-state index in [2.05, 4.69) is 17.3 Å². The fourth-order valence-corrected chi connectivity index (χ4v) is 9.85. The third kappa shape index (κ3) is 12.5. The Hall–Kier alpha value is -2.28. The highest BCUT2D eigenvalue weighted by Crippen LogP contribution is 2.41. The second-order valence-corrected chi connectivity index (χ2v) is 19.4. The van der Waals surface area contributed by atoms with Crippen molar-refractivity contribution in [1.29, 1.82) is 0 Å². The average Bonchev–Trinajstić information content (AvgIpc) is 3.22. The highest BCUT2D eigenvalue weighted by atomic mass is 16.7. The molecule has 3 aliphatic heterocycles. The molecule has 1 aromatic rings. The van der Waals surface area contributed by atoms with Crippen LogP contribution in [0.25, 0.3) is 0 Å². The van der Waals surface area contributed by atoms with Crippen LogP contribution in [0.15, 0.2) is 35.5 Å². The zero-order valence-electron chi connectivity index (χ0n) is 39.6. The smallest absolute Gasteiger partial charge is 0.311 e. The molecule has 0 unspecified atom stereocenters. The molecule has 0 amide bonds. The van der Waals surface area contributed by atoms with Crippen LogP contribution < -0.4 is 0 Å². The van der Waals surface area contributed by atoms with Gasteiger partial charge in [0.15, 0.2) is 12.6 Å². The van der Waals surface area contributed by atoms with Gasteiger partial charge in [-0.1, -0.05) is 63.2 Å². The number of aliphatic hydroxyl groups is 5. The number of benzene rings is 1. The van der Waals surface area contributed by atoms with Crippen LogP contribution in [0.4, 0.5) is 0 Å². The molecule has 3 fully saturated rings. The Morgan fingerprint density at radius 2 is 1.55 bits per heavy atom. The van der Waals surface area contributed by atoms with Gasteiger partial charge in [-0.15, -0.1) is 0 Å². The van der Waals surface area contributed by atoms with Crippen molar-refractivity contribution in [3.05, 3.63) is 35.9 Å². The van der Waals surface area contributed by atoms with E-state index >= 15 is 0 Å². The number of likely N-dealkylation sites (N-methyl/N-ethyl adjacent to an activating group) is 1. The van der Waals surface area contributed by atoms with Crippen molar-refractivity contribution in [2.45, 2.75) is 198 Å². The quantitative estimate of drug-likeness (QED) is 0.105. The normalized spacial score (nSPS) is 43.6. The zero-order valence-corrected chi connectivity index (χ0v) is 39.6. The van der Waals surface area contributed by atoms with Gasteiger partial charge in [-0.3, -0.25) is 4.79 Å². The van der Waals surface area contributed by atoms with Crippen LogP contribution in [0, 0.1) is 23.7 Å². The van der Waals surface area contributed by atoms with Gasteiger partial charge >= 0.3 is 5.97 Å². The molecule has 3 saturated heterocycles. The molecule has 356 valence electrons. The Morgan fingerprint density at radius 3 is 2.16 bits per heavy atom. The lowest BCUT2D eigenvalue weighted by atomic mass is 9.73. The van der Waals surface area contributed by atoms with Crippen LogP contribution in [-0.2, 0) is 44.5 Å². The lowest BCUT2D eigenvalue weighted by molar-refractivity contribution is -0.317. The van der Waals surface area contributed by atoms with Crippen molar-refractivity contribution in [2.75, 3.05) is 27.8 Å². The Bertz CT molecular complexity index is 1560. The summed E-state index contributed by atoms with van der Waals surface area (Å²) in [7, 11) is 5.25. The van der Waals surface area contributed by atoms with Gasteiger partial charge in [0, 0.05) is 37.3 Å². The molecule has 18 atom stereocenters. The zero-order chi connectivity index (χ0) is 46.3. The number of esters is 1. The molecule has 5 N–H and O–H groups in total. The average molecular weight is 881 g/mol. The lowest BCUT2D eigenvalue weighted by Crippen LogP contribution is -2.61. The van der Waals surface area contributed by atoms with Gasteiger partial charge in [0.25, 0.3) is 0 Å². The number of hydrogen-bond donors (Lipinski definition) is 5. The molecule has 15 nitrogen and oxygen atoms in total. The molecule has 0 spiro atoms. The fourth-order valence-electron chi connectivity index (χ4n) is 9.85. The lowest BCUT2D eigenvalue weighted by Gasteiger charge is -2.49. The highest BCUT2D eigenvalue weighted by Gasteiger charge is 2.53. The van der Waals surface area contributed by atoms with Gasteiger partial charge in [-0.25, -0.2) is 0 Å². The summed E-state index contributed by atoms with van der Waals surface area (Å²) in [6, 6.07) is 9.86. The van der Waals surface area contributed by atoms with Crippen molar-refractivity contribution < 1.29 is 63.6 Å². The number of ether oxygens (including phenoxy) is 6. The number of methoxy groups -OCH3 is 1. The SMILES string of the molecule is CC[C@H]1OC(=O)[C@H](C)[C@@H](O[C@H]2C[C@@](C)(OC)[C@@H](O)[C@H](C)O2)[C@H](C)[C@@H](O[C@@H]2O[C@H](C)C[C@H](N(C)C)[C@H]2O)[C@](C)(O)C[C@@H](C)/C(=N\OCCCCc2ccccc2)[C@H](C)[C@@H](O)[C@]1(C)O. The minimum atomic E-state index is -1.94. The Kier molecular flexibility index (Phi) is 18.8. The number of unbranched alkanes of at least 4 members (excludes halogenated alkanes) is 1. The summed E-state index contributed by atoms with van der Waals surface area (Å²) in [4.78, 5) is 22.3. The first kappa shape index (κ1) is 52.3. The topological polar surface area (TPSA) is 198 Å². The number of carbonyl (C=O) groups excluding carboxylic acids is 1. The van der Waals surface area contributed by atoms with E-state index in [1.54, 1.807) is 48.5 Å². The van der Waals surface area contributed by atoms with E-state index in [0.717, 1.165) is 19.3 Å². The van der Waals surface area contributed by atoms with E-state index in [-0.39, 0.29) is 31.4 Å². The summed E-state index contributed by atoms with van der Waals surface area (Å²) in [6.45, 7) is 17.6. The number of cyclic esters (lactones) is 1. The van der Waals surface area contributed by atoms with Crippen LogP contribution in [0.2, 0.25) is 0 Å². The standard InChI is InChI=1S/C47H80N2O13/c1-14-35-47(10,55)40(51)29(4)37(48-57-23-19-18-22-33-20-16-15-17-21-33)27(2)25-45(8,54)42(62-44-38(50)34(49(11)12)24-28(3)58-44)30(5)39(31(6)43(53)60-35)61-36-26-46(9,56-13)41(52)32(7)59-36/h15-17,20-21,27-32,34-36,38-42,44,50-52,54-55H,14,18-19,22-26H2,1-13H3/b48-37+/t27-,28-,29+,30+,31-,32+,34+,35-,36+,38-,39+,40-,41+,42-,44+,45-,46-,47-/m1/s1. The van der Waals surface area contributed by atoms with E-state index in [1.165, 1.54) is 19.6 Å². The molecule has 3 heterocycles. The van der Waals surface area contributed by atoms with Gasteiger partial charge in [-0.05, 0) is 99.7 Å². The Balaban J connectivity index is 1.80. The Labute approximate surface area is 370 Å². The number of hydrogen-bond acceptors (Lipinski definition) is 15. The van der Waals surface area contributed by atoms with E-state index in [0.29, 0.717) is 18.7 Å². The molecule has 3 aliphatic rings. The van der Waals surface area contributed by atoms with Crippen molar-refractivity contribution in [2.24, 2.45) is 28.8 Å². The molecule has 4 rings (SSSR count). The molecule has 15 heteroatoms. The summed E-state index contributed by atoms with van der Waals surface area (Å²) >= 11 is 0. The summed E-state index contributed by atoms with van der Waals surface area (Å²) in [5.74, 6) is -3.98.